The van der Waals surface area contributed by atoms with Crippen molar-refractivity contribution in [1.29, 1.82) is 0 Å². The van der Waals surface area contributed by atoms with E-state index in [-0.39, 0.29) is 12.6 Å². The molecule has 0 heterocycles. The summed E-state index contributed by atoms with van der Waals surface area (Å²) in [5, 5.41) is 0. The van der Waals surface area contributed by atoms with Crippen LogP contribution in [-0.4, -0.2) is 24.5 Å². The lowest BCUT2D eigenvalue weighted by Gasteiger charge is -2.13. The predicted octanol–water partition coefficient (Wildman–Crippen LogP) is 0.327. The molecule has 0 aromatic carbocycles. The number of carbonyl (C=O) groups is 1. The molecule has 0 bridgehead atoms. The fourth-order valence-corrected chi connectivity index (χ4v) is 0.507. The summed E-state index contributed by atoms with van der Waals surface area (Å²) in [5.41, 5.74) is 5.97. The fraction of sp³-hybridized carbons (Fsp3) is 0.571. The Labute approximate surface area is 61.5 Å². The lowest BCUT2D eigenvalue weighted by atomic mass is 10.2. The fourth-order valence-electron chi connectivity index (χ4n) is 0.507. The summed E-state index contributed by atoms with van der Waals surface area (Å²) < 4.78 is 0. The summed E-state index contributed by atoms with van der Waals surface area (Å²) in [7, 11) is 1.68. The number of hydrogen-bond acceptors (Lipinski definition) is 2. The van der Waals surface area contributed by atoms with E-state index in [1.54, 1.807) is 20.0 Å². The number of amides is 1. The molecule has 0 aromatic heterocycles. The highest BCUT2D eigenvalue weighted by atomic mass is 16.2. The van der Waals surface area contributed by atoms with E-state index in [4.69, 9.17) is 5.73 Å². The first kappa shape index (κ1) is 9.17. The van der Waals surface area contributed by atoms with Crippen molar-refractivity contribution in [3.8, 4) is 0 Å². The molecule has 10 heavy (non-hydrogen) atoms. The molecule has 0 aliphatic carbocycles. The molecule has 0 radical (unpaired) electrons. The van der Waals surface area contributed by atoms with Gasteiger partial charge >= 0.3 is 0 Å². The Kier molecular flexibility index (Phi) is 3.72. The molecule has 0 spiro atoms. The highest BCUT2D eigenvalue weighted by Crippen LogP contribution is 1.95. The third-order valence-electron chi connectivity index (χ3n) is 1.39. The van der Waals surface area contributed by atoms with Crippen LogP contribution in [0.1, 0.15) is 13.8 Å². The number of nitrogens with two attached hydrogens (primary N) is 1. The third kappa shape index (κ3) is 2.19. The van der Waals surface area contributed by atoms with Gasteiger partial charge in [0.05, 0.1) is 6.67 Å². The quantitative estimate of drug-likeness (QED) is 0.446. The van der Waals surface area contributed by atoms with Gasteiger partial charge in [-0.05, 0) is 13.8 Å². The molecule has 0 unspecified atom stereocenters. The van der Waals surface area contributed by atoms with Crippen LogP contribution in [0.3, 0.4) is 0 Å². The molecular weight excluding hydrogens is 128 g/mol. The van der Waals surface area contributed by atoms with E-state index in [1.807, 2.05) is 6.92 Å². The molecular formula is C7H14N2O. The Morgan fingerprint density at radius 3 is 2.50 bits per heavy atom. The lowest BCUT2D eigenvalue weighted by molar-refractivity contribution is -0.125. The Hall–Kier alpha value is -0.830. The molecule has 0 aliphatic heterocycles. The molecule has 3 nitrogen and oxygen atoms in total. The Morgan fingerprint density at radius 1 is 1.70 bits per heavy atom. The van der Waals surface area contributed by atoms with Gasteiger partial charge in [-0.25, -0.2) is 0 Å². The summed E-state index contributed by atoms with van der Waals surface area (Å²) in [5.74, 6) is -0.00926. The van der Waals surface area contributed by atoms with Crippen LogP contribution in [0.5, 0.6) is 0 Å². The van der Waals surface area contributed by atoms with Crippen LogP contribution < -0.4 is 5.73 Å². The number of likely N-dealkylation sites (N-methyl/N-ethyl adjacent to an activating group) is 1. The zero-order valence-electron chi connectivity index (χ0n) is 6.72. The molecule has 58 valence electrons. The van der Waals surface area contributed by atoms with Crippen LogP contribution in [0.4, 0.5) is 0 Å². The molecule has 1 amide bonds. The van der Waals surface area contributed by atoms with E-state index in [0.29, 0.717) is 0 Å². The Balaban J connectivity index is 4.08. The number of rotatable bonds is 2. The van der Waals surface area contributed by atoms with E-state index < -0.39 is 0 Å². The van der Waals surface area contributed by atoms with Gasteiger partial charge in [-0.1, -0.05) is 6.08 Å². The van der Waals surface area contributed by atoms with Crippen LogP contribution in [0.25, 0.3) is 0 Å². The van der Waals surface area contributed by atoms with Crippen molar-refractivity contribution in [1.82, 2.24) is 4.90 Å². The predicted molar refractivity (Wildman–Crippen MR) is 41.3 cm³/mol. The lowest BCUT2D eigenvalue weighted by Crippen LogP contribution is -2.32. The van der Waals surface area contributed by atoms with E-state index in [9.17, 15) is 4.79 Å². The highest BCUT2D eigenvalue weighted by molar-refractivity contribution is 5.92. The number of hydrogen-bond donors (Lipinski definition) is 1. The van der Waals surface area contributed by atoms with E-state index in [0.717, 1.165) is 5.57 Å². The van der Waals surface area contributed by atoms with E-state index >= 15 is 0 Å². The Morgan fingerprint density at radius 2 is 2.20 bits per heavy atom. The van der Waals surface area contributed by atoms with Gasteiger partial charge in [-0.3, -0.25) is 4.79 Å². The maximum atomic E-state index is 11.1. The van der Waals surface area contributed by atoms with Crippen molar-refractivity contribution in [2.24, 2.45) is 5.73 Å². The van der Waals surface area contributed by atoms with Crippen LogP contribution >= 0.6 is 0 Å². The van der Waals surface area contributed by atoms with Gasteiger partial charge in [-0.2, -0.15) is 0 Å². The summed E-state index contributed by atoms with van der Waals surface area (Å²) >= 11 is 0. The van der Waals surface area contributed by atoms with Crippen LogP contribution in [-0.2, 0) is 4.79 Å². The molecule has 3 heteroatoms. The van der Waals surface area contributed by atoms with Gasteiger partial charge in [0.15, 0.2) is 0 Å². The van der Waals surface area contributed by atoms with Gasteiger partial charge < -0.3 is 10.6 Å². The van der Waals surface area contributed by atoms with Gasteiger partial charge in [0.2, 0.25) is 5.91 Å². The topological polar surface area (TPSA) is 46.3 Å². The number of allylic oxidation sites excluding steroid dienone is 1. The third-order valence-corrected chi connectivity index (χ3v) is 1.39. The standard InChI is InChI=1S/C7H14N2O/c1-4-6(2)7(10)9(3)5-8/h4H,5,8H2,1-3H3. The molecule has 0 atom stereocenters. The highest BCUT2D eigenvalue weighted by Gasteiger charge is 2.06. The molecule has 2 N–H and O–H groups in total. The van der Waals surface area contributed by atoms with Gasteiger partial charge in [0.25, 0.3) is 0 Å². The monoisotopic (exact) mass is 142 g/mol. The van der Waals surface area contributed by atoms with Crippen LogP contribution in [0.2, 0.25) is 0 Å². The largest absolute Gasteiger partial charge is 0.329 e. The smallest absolute Gasteiger partial charge is 0.249 e. The summed E-state index contributed by atoms with van der Waals surface area (Å²) in [4.78, 5) is 12.6. The van der Waals surface area contributed by atoms with E-state index in [1.165, 1.54) is 4.90 Å². The summed E-state index contributed by atoms with van der Waals surface area (Å²) in [6.45, 7) is 3.87. The van der Waals surface area contributed by atoms with Gasteiger partial charge in [0, 0.05) is 12.6 Å². The van der Waals surface area contributed by atoms with Crippen molar-refractivity contribution in [2.45, 2.75) is 13.8 Å². The number of carbonyl (C=O) groups excluding carboxylic acids is 1. The molecule has 0 aliphatic rings. The zero-order valence-corrected chi connectivity index (χ0v) is 6.72. The van der Waals surface area contributed by atoms with Crippen molar-refractivity contribution < 1.29 is 4.79 Å². The second-order valence-electron chi connectivity index (χ2n) is 2.16. The minimum Gasteiger partial charge on any atom is -0.329 e. The molecule has 0 aromatic rings. The average molecular weight is 142 g/mol. The first-order valence-corrected chi connectivity index (χ1v) is 3.22. The van der Waals surface area contributed by atoms with Gasteiger partial charge in [0.1, 0.15) is 0 Å². The minimum absolute atomic E-state index is 0.00926. The van der Waals surface area contributed by atoms with Crippen molar-refractivity contribution >= 4 is 5.91 Å². The maximum Gasteiger partial charge on any atom is 0.249 e. The minimum atomic E-state index is -0.00926. The summed E-state index contributed by atoms with van der Waals surface area (Å²) in [6.07, 6.45) is 1.77. The number of nitrogens with zero attached hydrogens (tertiary/aromatic N) is 1. The normalized spacial score (nSPS) is 11.4. The first-order valence-electron chi connectivity index (χ1n) is 3.22. The molecule has 0 rings (SSSR count). The molecule has 0 fully saturated rings. The second-order valence-corrected chi connectivity index (χ2v) is 2.16. The van der Waals surface area contributed by atoms with Crippen LogP contribution in [0.15, 0.2) is 11.6 Å². The zero-order chi connectivity index (χ0) is 8.15. The van der Waals surface area contributed by atoms with Crippen molar-refractivity contribution in [2.75, 3.05) is 13.7 Å². The molecule has 0 saturated heterocycles. The SMILES string of the molecule is CC=C(C)C(=O)N(C)CN. The van der Waals surface area contributed by atoms with E-state index in [2.05, 4.69) is 0 Å². The second kappa shape index (κ2) is 4.06. The summed E-state index contributed by atoms with van der Waals surface area (Å²) in [6, 6.07) is 0. The van der Waals surface area contributed by atoms with Crippen molar-refractivity contribution in [3.05, 3.63) is 11.6 Å². The first-order chi connectivity index (χ1) is 4.63. The Bertz CT molecular complexity index is 152. The maximum absolute atomic E-state index is 11.1. The van der Waals surface area contributed by atoms with Gasteiger partial charge in [-0.15, -0.1) is 0 Å². The average Bonchev–Trinajstić information content (AvgIpc) is 2.00. The van der Waals surface area contributed by atoms with Crippen LogP contribution in [0, 0.1) is 0 Å². The molecule has 0 saturated carbocycles. The van der Waals surface area contributed by atoms with Crippen molar-refractivity contribution in [3.63, 3.8) is 0 Å².